The molecule has 0 radical (unpaired) electrons. The van der Waals surface area contributed by atoms with Gasteiger partial charge in [0.2, 0.25) is 0 Å². The van der Waals surface area contributed by atoms with Crippen molar-refractivity contribution < 1.29 is 5.21 Å². The fraction of sp³-hybridized carbons (Fsp3) is 0.900. The first kappa shape index (κ1) is 9.56. The fourth-order valence-corrected chi connectivity index (χ4v) is 2.03. The highest BCUT2D eigenvalue weighted by Gasteiger charge is 2.14. The molecule has 0 spiro atoms. The Morgan fingerprint density at radius 2 is 2.25 bits per heavy atom. The molecule has 12 heavy (non-hydrogen) atoms. The highest BCUT2D eigenvalue weighted by Crippen LogP contribution is 2.25. The summed E-state index contributed by atoms with van der Waals surface area (Å²) in [6, 6.07) is 0. The lowest BCUT2D eigenvalue weighted by molar-refractivity contribution is 0.316. The standard InChI is InChI=1S/C10H19NO/c1-2-4-9-5-3-6-10(11-12)8-7-9/h9,12H,2-8H2,1H3. The van der Waals surface area contributed by atoms with E-state index in [1.54, 1.807) is 0 Å². The molecule has 70 valence electrons. The molecule has 0 saturated heterocycles. The van der Waals surface area contributed by atoms with Crippen LogP contribution in [0.3, 0.4) is 0 Å². The topological polar surface area (TPSA) is 32.6 Å². The summed E-state index contributed by atoms with van der Waals surface area (Å²) in [5, 5.41) is 11.9. The van der Waals surface area contributed by atoms with Gasteiger partial charge in [0.1, 0.15) is 0 Å². The van der Waals surface area contributed by atoms with Crippen LogP contribution in [0, 0.1) is 5.92 Å². The predicted octanol–water partition coefficient (Wildman–Crippen LogP) is 3.20. The second-order valence-electron chi connectivity index (χ2n) is 3.75. The van der Waals surface area contributed by atoms with Gasteiger partial charge < -0.3 is 5.21 Å². The maximum absolute atomic E-state index is 8.62. The normalized spacial score (nSPS) is 28.8. The Labute approximate surface area is 74.7 Å². The molecule has 1 aliphatic carbocycles. The molecule has 1 N–H and O–H groups in total. The Hall–Kier alpha value is -0.530. The molecule has 0 aromatic heterocycles. The fourth-order valence-electron chi connectivity index (χ4n) is 2.03. The zero-order chi connectivity index (χ0) is 8.81. The SMILES string of the molecule is CCCC1CCCC(=NO)CC1. The first-order chi connectivity index (χ1) is 5.86. The van der Waals surface area contributed by atoms with Crippen molar-refractivity contribution in [2.45, 2.75) is 51.9 Å². The van der Waals surface area contributed by atoms with Gasteiger partial charge in [0.25, 0.3) is 0 Å². The van der Waals surface area contributed by atoms with E-state index in [1.807, 2.05) is 0 Å². The van der Waals surface area contributed by atoms with Crippen molar-refractivity contribution in [1.29, 1.82) is 0 Å². The molecule has 1 fully saturated rings. The second kappa shape index (κ2) is 5.18. The lowest BCUT2D eigenvalue weighted by Gasteiger charge is -2.10. The van der Waals surface area contributed by atoms with Crippen LogP contribution in [0.5, 0.6) is 0 Å². The average molecular weight is 169 g/mol. The molecular weight excluding hydrogens is 150 g/mol. The lowest BCUT2D eigenvalue weighted by atomic mass is 9.95. The Balaban J connectivity index is 2.34. The molecule has 1 unspecified atom stereocenters. The minimum Gasteiger partial charge on any atom is -0.411 e. The van der Waals surface area contributed by atoms with Crippen LogP contribution in [0.1, 0.15) is 51.9 Å². The number of hydrogen-bond acceptors (Lipinski definition) is 2. The van der Waals surface area contributed by atoms with Crippen molar-refractivity contribution in [1.82, 2.24) is 0 Å². The van der Waals surface area contributed by atoms with Gasteiger partial charge in [-0.25, -0.2) is 0 Å². The Bertz CT molecular complexity index is 154. The third-order valence-electron chi connectivity index (χ3n) is 2.76. The monoisotopic (exact) mass is 169 g/mol. The quantitative estimate of drug-likeness (QED) is 0.384. The van der Waals surface area contributed by atoms with Gasteiger partial charge in [-0.05, 0) is 31.6 Å². The van der Waals surface area contributed by atoms with E-state index in [2.05, 4.69) is 12.1 Å². The minimum atomic E-state index is 0.884. The summed E-state index contributed by atoms with van der Waals surface area (Å²) >= 11 is 0. The molecule has 0 aromatic carbocycles. The van der Waals surface area contributed by atoms with Crippen molar-refractivity contribution in [3.05, 3.63) is 0 Å². The van der Waals surface area contributed by atoms with Crippen LogP contribution in [0.15, 0.2) is 5.16 Å². The smallest absolute Gasteiger partial charge is 0.0570 e. The third-order valence-corrected chi connectivity index (χ3v) is 2.76. The van der Waals surface area contributed by atoms with E-state index < -0.39 is 0 Å². The van der Waals surface area contributed by atoms with Crippen molar-refractivity contribution in [2.24, 2.45) is 11.1 Å². The number of nitrogens with zero attached hydrogens (tertiary/aromatic N) is 1. The van der Waals surface area contributed by atoms with E-state index in [0.717, 1.165) is 24.5 Å². The number of oxime groups is 1. The Kier molecular flexibility index (Phi) is 4.12. The molecule has 2 heteroatoms. The van der Waals surface area contributed by atoms with Crippen LogP contribution < -0.4 is 0 Å². The molecule has 1 saturated carbocycles. The van der Waals surface area contributed by atoms with E-state index in [-0.39, 0.29) is 0 Å². The van der Waals surface area contributed by atoms with Crippen molar-refractivity contribution in [3.8, 4) is 0 Å². The number of hydrogen-bond donors (Lipinski definition) is 1. The van der Waals surface area contributed by atoms with Gasteiger partial charge in [0.15, 0.2) is 0 Å². The van der Waals surface area contributed by atoms with Gasteiger partial charge in [-0.2, -0.15) is 0 Å². The third kappa shape index (κ3) is 2.84. The molecule has 0 heterocycles. The molecule has 0 aromatic rings. The summed E-state index contributed by atoms with van der Waals surface area (Å²) in [5.74, 6) is 0.884. The van der Waals surface area contributed by atoms with Gasteiger partial charge in [-0.3, -0.25) is 0 Å². The highest BCUT2D eigenvalue weighted by molar-refractivity contribution is 5.84. The van der Waals surface area contributed by atoms with E-state index in [4.69, 9.17) is 5.21 Å². The lowest BCUT2D eigenvalue weighted by Crippen LogP contribution is -1.98. The van der Waals surface area contributed by atoms with Crippen molar-refractivity contribution in [2.75, 3.05) is 0 Å². The van der Waals surface area contributed by atoms with Crippen LogP contribution in [0.25, 0.3) is 0 Å². The summed E-state index contributed by atoms with van der Waals surface area (Å²) in [5.41, 5.74) is 1.01. The largest absolute Gasteiger partial charge is 0.411 e. The van der Waals surface area contributed by atoms with Gasteiger partial charge >= 0.3 is 0 Å². The zero-order valence-electron chi connectivity index (χ0n) is 7.92. The first-order valence-electron chi connectivity index (χ1n) is 5.06. The van der Waals surface area contributed by atoms with Gasteiger partial charge in [0.05, 0.1) is 5.71 Å². The van der Waals surface area contributed by atoms with Gasteiger partial charge in [-0.1, -0.05) is 31.3 Å². The van der Waals surface area contributed by atoms with E-state index >= 15 is 0 Å². The predicted molar refractivity (Wildman–Crippen MR) is 50.7 cm³/mol. The van der Waals surface area contributed by atoms with Gasteiger partial charge in [-0.15, -0.1) is 0 Å². The molecule has 1 rings (SSSR count). The maximum atomic E-state index is 8.62. The van der Waals surface area contributed by atoms with E-state index in [1.165, 1.54) is 32.1 Å². The zero-order valence-corrected chi connectivity index (χ0v) is 7.92. The van der Waals surface area contributed by atoms with Crippen LogP contribution in [-0.2, 0) is 0 Å². The Morgan fingerprint density at radius 1 is 1.42 bits per heavy atom. The molecule has 0 bridgehead atoms. The van der Waals surface area contributed by atoms with E-state index in [9.17, 15) is 0 Å². The average Bonchev–Trinajstić information content (AvgIpc) is 2.31. The molecule has 2 nitrogen and oxygen atoms in total. The highest BCUT2D eigenvalue weighted by atomic mass is 16.4. The van der Waals surface area contributed by atoms with Crippen LogP contribution in [0.4, 0.5) is 0 Å². The molecule has 0 aliphatic heterocycles. The number of rotatable bonds is 2. The summed E-state index contributed by atoms with van der Waals surface area (Å²) in [6.07, 6.45) is 8.43. The van der Waals surface area contributed by atoms with Crippen LogP contribution in [-0.4, -0.2) is 10.9 Å². The first-order valence-corrected chi connectivity index (χ1v) is 5.06. The molecule has 1 aliphatic rings. The van der Waals surface area contributed by atoms with Crippen molar-refractivity contribution in [3.63, 3.8) is 0 Å². The molecule has 1 atom stereocenters. The van der Waals surface area contributed by atoms with E-state index in [0.29, 0.717) is 0 Å². The molecule has 0 amide bonds. The van der Waals surface area contributed by atoms with Gasteiger partial charge in [0, 0.05) is 0 Å². The Morgan fingerprint density at radius 3 is 2.92 bits per heavy atom. The summed E-state index contributed by atoms with van der Waals surface area (Å²) in [7, 11) is 0. The second-order valence-corrected chi connectivity index (χ2v) is 3.75. The van der Waals surface area contributed by atoms with Crippen LogP contribution in [0.2, 0.25) is 0 Å². The van der Waals surface area contributed by atoms with Crippen LogP contribution >= 0.6 is 0 Å². The summed E-state index contributed by atoms with van der Waals surface area (Å²) in [6.45, 7) is 2.24. The van der Waals surface area contributed by atoms with Crippen molar-refractivity contribution >= 4 is 5.71 Å². The summed E-state index contributed by atoms with van der Waals surface area (Å²) in [4.78, 5) is 0. The maximum Gasteiger partial charge on any atom is 0.0570 e. The minimum absolute atomic E-state index is 0.884. The molecular formula is C10H19NO. The summed E-state index contributed by atoms with van der Waals surface area (Å²) < 4.78 is 0.